The molecule has 0 aromatic heterocycles. The maximum atomic E-state index is 10.5. The quantitative estimate of drug-likeness (QED) is 0.531. The van der Waals surface area contributed by atoms with Crippen molar-refractivity contribution in [2.75, 3.05) is 25.0 Å². The zero-order valence-electron chi connectivity index (χ0n) is 19.5. The SMILES string of the molecule is C[C@@H]1CC23CCN(CC4CC4)C(Cc4ccc(O)cc42)C3(CCCNc2ccccc2)C1. The molecule has 0 spiro atoms. The normalized spacial score (nSPS) is 33.5. The number of rotatable bonds is 7. The number of phenols is 1. The van der Waals surface area contributed by atoms with E-state index in [0.29, 0.717) is 17.2 Å². The molecule has 3 heteroatoms. The summed E-state index contributed by atoms with van der Waals surface area (Å²) in [7, 11) is 0. The standard InChI is InChI=1S/C29H38N2O/c1-21-18-28-13-15-31(20-22-8-9-22)27(16-23-10-11-25(32)17-26(23)28)29(28,19-21)12-5-14-30-24-6-3-2-4-7-24/h2-4,6-7,10-11,17,21-22,27,30,32H,5,8-9,12-16,18-20H2,1H3/t21-,27?,28?,29?/m1/s1. The van der Waals surface area contributed by atoms with E-state index in [1.54, 1.807) is 0 Å². The molecule has 2 saturated carbocycles. The molecule has 0 radical (unpaired) electrons. The summed E-state index contributed by atoms with van der Waals surface area (Å²) in [5.74, 6) is 2.16. The van der Waals surface area contributed by atoms with Gasteiger partial charge in [0.15, 0.2) is 0 Å². The summed E-state index contributed by atoms with van der Waals surface area (Å²) in [6.45, 7) is 6.08. The minimum Gasteiger partial charge on any atom is -0.508 e. The molecule has 1 saturated heterocycles. The molecule has 4 atom stereocenters. The van der Waals surface area contributed by atoms with Crippen molar-refractivity contribution >= 4 is 5.69 Å². The van der Waals surface area contributed by atoms with Gasteiger partial charge in [0.25, 0.3) is 0 Å². The Morgan fingerprint density at radius 3 is 2.75 bits per heavy atom. The maximum absolute atomic E-state index is 10.5. The van der Waals surface area contributed by atoms with Crippen molar-refractivity contribution in [3.63, 3.8) is 0 Å². The lowest BCUT2D eigenvalue weighted by molar-refractivity contribution is -0.0591. The molecule has 3 nitrogen and oxygen atoms in total. The van der Waals surface area contributed by atoms with Gasteiger partial charge in [0, 0.05) is 30.2 Å². The molecule has 2 aromatic carbocycles. The average Bonchev–Trinajstić information content (AvgIpc) is 3.54. The maximum Gasteiger partial charge on any atom is 0.115 e. The van der Waals surface area contributed by atoms with Gasteiger partial charge in [-0.25, -0.2) is 0 Å². The van der Waals surface area contributed by atoms with E-state index < -0.39 is 0 Å². The van der Waals surface area contributed by atoms with Crippen molar-refractivity contribution < 1.29 is 5.11 Å². The topological polar surface area (TPSA) is 35.5 Å². The zero-order chi connectivity index (χ0) is 21.8. The van der Waals surface area contributed by atoms with Crippen LogP contribution in [0, 0.1) is 17.3 Å². The number of hydrogen-bond acceptors (Lipinski definition) is 3. The Morgan fingerprint density at radius 1 is 1.09 bits per heavy atom. The molecule has 0 amide bonds. The van der Waals surface area contributed by atoms with Crippen LogP contribution in [-0.2, 0) is 11.8 Å². The Balaban J connectivity index is 1.33. The second kappa shape index (κ2) is 7.80. The van der Waals surface area contributed by atoms with Crippen LogP contribution in [0.5, 0.6) is 5.75 Å². The summed E-state index contributed by atoms with van der Waals surface area (Å²) < 4.78 is 0. The van der Waals surface area contributed by atoms with Crippen molar-refractivity contribution in [2.45, 2.75) is 69.7 Å². The van der Waals surface area contributed by atoms with Crippen LogP contribution in [0.3, 0.4) is 0 Å². The largest absolute Gasteiger partial charge is 0.508 e. The van der Waals surface area contributed by atoms with Gasteiger partial charge in [-0.15, -0.1) is 0 Å². The van der Waals surface area contributed by atoms with Crippen LogP contribution in [0.25, 0.3) is 0 Å². The third-order valence-corrected chi connectivity index (χ3v) is 9.38. The summed E-state index contributed by atoms with van der Waals surface area (Å²) >= 11 is 0. The molecule has 6 rings (SSSR count). The lowest BCUT2D eigenvalue weighted by Crippen LogP contribution is -2.65. The smallest absolute Gasteiger partial charge is 0.115 e. The minimum absolute atomic E-state index is 0.246. The summed E-state index contributed by atoms with van der Waals surface area (Å²) in [5, 5.41) is 14.1. The number of nitrogens with zero attached hydrogens (tertiary/aromatic N) is 1. The van der Waals surface area contributed by atoms with Gasteiger partial charge < -0.3 is 10.4 Å². The summed E-state index contributed by atoms with van der Waals surface area (Å²) in [6.07, 6.45) is 10.4. The summed E-state index contributed by atoms with van der Waals surface area (Å²) in [4.78, 5) is 2.91. The highest BCUT2D eigenvalue weighted by Crippen LogP contribution is 2.68. The van der Waals surface area contributed by atoms with Gasteiger partial charge in [0.2, 0.25) is 0 Å². The van der Waals surface area contributed by atoms with Crippen LogP contribution in [-0.4, -0.2) is 35.7 Å². The van der Waals surface area contributed by atoms with Gasteiger partial charge in [-0.3, -0.25) is 4.90 Å². The number of para-hydroxylation sites is 1. The molecule has 170 valence electrons. The molecular formula is C29H38N2O. The van der Waals surface area contributed by atoms with Crippen LogP contribution >= 0.6 is 0 Å². The van der Waals surface area contributed by atoms with Gasteiger partial charge in [-0.1, -0.05) is 31.2 Å². The van der Waals surface area contributed by atoms with Crippen LogP contribution < -0.4 is 5.32 Å². The monoisotopic (exact) mass is 430 g/mol. The lowest BCUT2D eigenvalue weighted by atomic mass is 9.49. The fourth-order valence-corrected chi connectivity index (χ4v) is 8.12. The Bertz CT molecular complexity index is 970. The van der Waals surface area contributed by atoms with E-state index in [2.05, 4.69) is 59.6 Å². The highest BCUT2D eigenvalue weighted by molar-refractivity contribution is 5.48. The van der Waals surface area contributed by atoms with Gasteiger partial charge in [-0.2, -0.15) is 0 Å². The molecular weight excluding hydrogens is 392 g/mol. The Hall–Kier alpha value is -2.00. The molecule has 2 aromatic rings. The molecule has 2 bridgehead atoms. The van der Waals surface area contributed by atoms with E-state index in [9.17, 15) is 5.11 Å². The number of phenolic OH excluding ortho intramolecular Hbond substituents is 1. The van der Waals surface area contributed by atoms with Gasteiger partial charge in [0.05, 0.1) is 0 Å². The predicted molar refractivity (Wildman–Crippen MR) is 131 cm³/mol. The first-order valence-electron chi connectivity index (χ1n) is 12.9. The number of piperidine rings is 1. The molecule has 2 N–H and O–H groups in total. The number of anilines is 1. The molecule has 3 fully saturated rings. The Labute approximate surface area is 193 Å². The molecule has 1 heterocycles. The predicted octanol–water partition coefficient (Wildman–Crippen LogP) is 5.98. The number of hydrogen-bond donors (Lipinski definition) is 2. The Morgan fingerprint density at radius 2 is 1.94 bits per heavy atom. The zero-order valence-corrected chi connectivity index (χ0v) is 19.5. The van der Waals surface area contributed by atoms with Crippen molar-refractivity contribution in [1.82, 2.24) is 4.90 Å². The van der Waals surface area contributed by atoms with Crippen LogP contribution in [0.2, 0.25) is 0 Å². The Kier molecular flexibility index (Phi) is 5.02. The first kappa shape index (κ1) is 20.6. The molecule has 3 aliphatic carbocycles. The van der Waals surface area contributed by atoms with E-state index >= 15 is 0 Å². The lowest BCUT2D eigenvalue weighted by Gasteiger charge is -2.62. The number of nitrogens with one attached hydrogen (secondary N) is 1. The van der Waals surface area contributed by atoms with Crippen LogP contribution in [0.4, 0.5) is 5.69 Å². The summed E-state index contributed by atoms with van der Waals surface area (Å²) in [5.41, 5.74) is 4.84. The number of aromatic hydroxyl groups is 1. The van der Waals surface area contributed by atoms with E-state index in [0.717, 1.165) is 18.4 Å². The minimum atomic E-state index is 0.246. The van der Waals surface area contributed by atoms with Crippen LogP contribution in [0.15, 0.2) is 48.5 Å². The molecule has 1 aliphatic heterocycles. The van der Waals surface area contributed by atoms with Crippen molar-refractivity contribution in [3.05, 3.63) is 59.7 Å². The highest BCUT2D eigenvalue weighted by Gasteiger charge is 2.66. The van der Waals surface area contributed by atoms with E-state index in [1.165, 1.54) is 81.3 Å². The van der Waals surface area contributed by atoms with Crippen molar-refractivity contribution in [1.29, 1.82) is 0 Å². The van der Waals surface area contributed by atoms with E-state index in [4.69, 9.17) is 0 Å². The highest BCUT2D eigenvalue weighted by atomic mass is 16.3. The molecule has 32 heavy (non-hydrogen) atoms. The fraction of sp³-hybridized carbons (Fsp3) is 0.586. The second-order valence-corrected chi connectivity index (χ2v) is 11.4. The molecule has 3 unspecified atom stereocenters. The van der Waals surface area contributed by atoms with Gasteiger partial charge in [-0.05, 0) is 111 Å². The van der Waals surface area contributed by atoms with E-state index in [-0.39, 0.29) is 5.41 Å². The third-order valence-electron chi connectivity index (χ3n) is 9.38. The van der Waals surface area contributed by atoms with Gasteiger partial charge in [0.1, 0.15) is 5.75 Å². The fourth-order valence-electron chi connectivity index (χ4n) is 8.12. The number of fused-ring (bicyclic) bond motifs is 1. The van der Waals surface area contributed by atoms with Gasteiger partial charge >= 0.3 is 0 Å². The number of likely N-dealkylation sites (tertiary alicyclic amines) is 1. The number of benzene rings is 2. The first-order chi connectivity index (χ1) is 15.6. The molecule has 4 aliphatic rings. The summed E-state index contributed by atoms with van der Waals surface area (Å²) in [6, 6.07) is 17.6. The second-order valence-electron chi connectivity index (χ2n) is 11.4. The first-order valence-corrected chi connectivity index (χ1v) is 12.9. The van der Waals surface area contributed by atoms with Crippen LogP contribution in [0.1, 0.15) is 63.0 Å². The average molecular weight is 431 g/mol. The van der Waals surface area contributed by atoms with Crippen molar-refractivity contribution in [2.24, 2.45) is 17.3 Å². The third kappa shape index (κ3) is 3.27. The van der Waals surface area contributed by atoms with Crippen molar-refractivity contribution in [3.8, 4) is 5.75 Å². The van der Waals surface area contributed by atoms with E-state index in [1.807, 2.05) is 6.07 Å².